The molecule has 3 nitrogen and oxygen atoms in total. The Labute approximate surface area is 115 Å². The third-order valence-corrected chi connectivity index (χ3v) is 4.09. The molecular weight excluding hydrogens is 244 g/mol. The Balaban J connectivity index is 2.87. The van der Waals surface area contributed by atoms with E-state index in [0.29, 0.717) is 0 Å². The van der Waals surface area contributed by atoms with Gasteiger partial charge in [0.05, 0.1) is 18.3 Å². The van der Waals surface area contributed by atoms with Crippen LogP contribution in [0, 0.1) is 12.3 Å². The first kappa shape index (κ1) is 15.6. The van der Waals surface area contributed by atoms with E-state index in [9.17, 15) is 0 Å². The summed E-state index contributed by atoms with van der Waals surface area (Å²) in [4.78, 5) is 6.13. The van der Waals surface area contributed by atoms with Gasteiger partial charge in [-0.3, -0.25) is 0 Å². The minimum absolute atomic E-state index is 0.156. The molecule has 0 saturated heterocycles. The van der Waals surface area contributed by atoms with Gasteiger partial charge in [-0.05, 0) is 18.8 Å². The molecule has 1 rings (SSSR count). The number of methoxy groups -OCH3 is 1. The summed E-state index contributed by atoms with van der Waals surface area (Å²) in [6, 6.07) is 0.289. The molecule has 1 unspecified atom stereocenters. The first-order valence-corrected chi connectivity index (χ1v) is 7.40. The zero-order valence-corrected chi connectivity index (χ0v) is 13.3. The van der Waals surface area contributed by atoms with E-state index in [4.69, 9.17) is 9.72 Å². The molecule has 0 aliphatic carbocycles. The normalized spacial score (nSPS) is 13.9. The monoisotopic (exact) mass is 270 g/mol. The van der Waals surface area contributed by atoms with E-state index in [1.807, 2.05) is 11.3 Å². The second-order valence-electron chi connectivity index (χ2n) is 5.65. The van der Waals surface area contributed by atoms with Crippen molar-refractivity contribution in [1.29, 1.82) is 0 Å². The smallest absolute Gasteiger partial charge is 0.111 e. The predicted molar refractivity (Wildman–Crippen MR) is 78.3 cm³/mol. The number of hydrogen-bond donors (Lipinski definition) is 1. The lowest BCUT2D eigenvalue weighted by atomic mass is 9.87. The number of rotatable bonds is 6. The lowest BCUT2D eigenvalue weighted by Crippen LogP contribution is -2.34. The number of thiazole rings is 1. The molecule has 4 heteroatoms. The average molecular weight is 270 g/mol. The number of nitrogens with one attached hydrogen (secondary N) is 1. The predicted octanol–water partition coefficient (Wildman–Crippen LogP) is 3.34. The van der Waals surface area contributed by atoms with Crippen molar-refractivity contribution in [2.24, 2.45) is 5.41 Å². The maximum Gasteiger partial charge on any atom is 0.111 e. The molecule has 1 N–H and O–H groups in total. The van der Waals surface area contributed by atoms with E-state index in [0.717, 1.165) is 19.6 Å². The molecular formula is C14H26N2OS. The molecule has 1 aromatic rings. The van der Waals surface area contributed by atoms with Crippen LogP contribution in [0.3, 0.4) is 0 Å². The molecule has 0 aliphatic heterocycles. The van der Waals surface area contributed by atoms with E-state index in [1.54, 1.807) is 7.11 Å². The van der Waals surface area contributed by atoms with Gasteiger partial charge < -0.3 is 10.1 Å². The Morgan fingerprint density at radius 2 is 2.06 bits per heavy atom. The van der Waals surface area contributed by atoms with Gasteiger partial charge in [0.15, 0.2) is 0 Å². The summed E-state index contributed by atoms with van der Waals surface area (Å²) in [6.45, 7) is 12.7. The summed E-state index contributed by atoms with van der Waals surface area (Å²) in [7, 11) is 1.73. The maximum atomic E-state index is 5.11. The highest BCUT2D eigenvalue weighted by Crippen LogP contribution is 2.35. The highest BCUT2D eigenvalue weighted by atomic mass is 32.1. The molecule has 0 fully saturated rings. The number of nitrogens with zero attached hydrogens (tertiary/aromatic N) is 1. The largest absolute Gasteiger partial charge is 0.383 e. The Hall–Kier alpha value is -0.450. The fraction of sp³-hybridized carbons (Fsp3) is 0.786. The summed E-state index contributed by atoms with van der Waals surface area (Å²) >= 11 is 1.82. The van der Waals surface area contributed by atoms with Crippen LogP contribution in [0.15, 0.2) is 0 Å². The summed E-state index contributed by atoms with van der Waals surface area (Å²) in [5.41, 5.74) is 1.39. The van der Waals surface area contributed by atoms with E-state index >= 15 is 0 Å². The number of hydrogen-bond acceptors (Lipinski definition) is 4. The van der Waals surface area contributed by atoms with E-state index in [1.165, 1.54) is 15.6 Å². The molecule has 0 aromatic carbocycles. The van der Waals surface area contributed by atoms with Crippen molar-refractivity contribution in [3.63, 3.8) is 0 Å². The van der Waals surface area contributed by atoms with E-state index < -0.39 is 0 Å². The molecule has 0 radical (unpaired) electrons. The Morgan fingerprint density at radius 1 is 1.39 bits per heavy atom. The second kappa shape index (κ2) is 6.64. The van der Waals surface area contributed by atoms with E-state index in [2.05, 4.69) is 39.9 Å². The number of ether oxygens (including phenoxy) is 1. The number of aromatic nitrogens is 1. The van der Waals surface area contributed by atoms with Crippen molar-refractivity contribution in [1.82, 2.24) is 10.3 Å². The van der Waals surface area contributed by atoms with Crippen molar-refractivity contribution in [3.05, 3.63) is 15.6 Å². The molecule has 18 heavy (non-hydrogen) atoms. The van der Waals surface area contributed by atoms with Gasteiger partial charge in [-0.25, -0.2) is 4.98 Å². The van der Waals surface area contributed by atoms with Crippen LogP contribution in [0.25, 0.3) is 0 Å². The molecule has 0 bridgehead atoms. The Kier molecular flexibility index (Phi) is 5.76. The molecule has 1 heterocycles. The van der Waals surface area contributed by atoms with Crippen molar-refractivity contribution >= 4 is 11.3 Å². The molecule has 0 aliphatic rings. The molecule has 0 spiro atoms. The van der Waals surface area contributed by atoms with Gasteiger partial charge in [0.1, 0.15) is 5.01 Å². The van der Waals surface area contributed by atoms with Gasteiger partial charge >= 0.3 is 0 Å². The first-order valence-electron chi connectivity index (χ1n) is 6.58. The fourth-order valence-electron chi connectivity index (χ4n) is 1.97. The zero-order valence-electron chi connectivity index (χ0n) is 12.5. The second-order valence-corrected chi connectivity index (χ2v) is 6.89. The third-order valence-electron chi connectivity index (χ3n) is 3.01. The van der Waals surface area contributed by atoms with Crippen LogP contribution >= 0.6 is 11.3 Å². The van der Waals surface area contributed by atoms with Crippen molar-refractivity contribution in [2.45, 2.75) is 47.1 Å². The molecule has 0 amide bonds. The minimum Gasteiger partial charge on any atom is -0.383 e. The van der Waals surface area contributed by atoms with Crippen molar-refractivity contribution in [3.8, 4) is 0 Å². The summed E-state index contributed by atoms with van der Waals surface area (Å²) in [5.74, 6) is 0. The highest BCUT2D eigenvalue weighted by Gasteiger charge is 2.28. The van der Waals surface area contributed by atoms with Gasteiger partial charge in [0, 0.05) is 18.5 Å². The molecule has 1 atom stereocenters. The van der Waals surface area contributed by atoms with Crippen LogP contribution in [-0.4, -0.2) is 25.2 Å². The van der Waals surface area contributed by atoms with Crippen LogP contribution in [-0.2, 0) is 11.2 Å². The standard InChI is InChI=1S/C14H26N2OS/c1-7-11-10(2)18-13(16-11)12(14(3,4)5)15-8-9-17-6/h12,15H,7-9H2,1-6H3. The SMILES string of the molecule is CCc1nc(C(NCCOC)C(C)(C)C)sc1C. The molecule has 104 valence electrons. The molecule has 1 aromatic heterocycles. The Bertz CT molecular complexity index is 368. The number of aryl methyl sites for hydroxylation is 2. The van der Waals surface area contributed by atoms with Crippen LogP contribution in [0.4, 0.5) is 0 Å². The van der Waals surface area contributed by atoms with Gasteiger partial charge in [-0.1, -0.05) is 27.7 Å². The lowest BCUT2D eigenvalue weighted by molar-refractivity contribution is 0.181. The van der Waals surface area contributed by atoms with Gasteiger partial charge in [0.2, 0.25) is 0 Å². The highest BCUT2D eigenvalue weighted by molar-refractivity contribution is 7.11. The van der Waals surface area contributed by atoms with Crippen LogP contribution in [0.5, 0.6) is 0 Å². The van der Waals surface area contributed by atoms with Crippen LogP contribution in [0.1, 0.15) is 49.3 Å². The van der Waals surface area contributed by atoms with Gasteiger partial charge in [-0.2, -0.15) is 0 Å². The third kappa shape index (κ3) is 4.04. The Morgan fingerprint density at radius 3 is 2.50 bits per heavy atom. The van der Waals surface area contributed by atoms with Crippen molar-refractivity contribution in [2.75, 3.05) is 20.3 Å². The zero-order chi connectivity index (χ0) is 13.8. The van der Waals surface area contributed by atoms with Gasteiger partial charge in [0.25, 0.3) is 0 Å². The maximum absolute atomic E-state index is 5.11. The fourth-order valence-corrected chi connectivity index (χ4v) is 3.30. The summed E-state index contributed by atoms with van der Waals surface area (Å²) < 4.78 is 5.11. The summed E-state index contributed by atoms with van der Waals surface area (Å²) in [6.07, 6.45) is 1.01. The lowest BCUT2D eigenvalue weighted by Gasteiger charge is -2.30. The quantitative estimate of drug-likeness (QED) is 0.805. The summed E-state index contributed by atoms with van der Waals surface area (Å²) in [5, 5.41) is 4.77. The minimum atomic E-state index is 0.156. The topological polar surface area (TPSA) is 34.2 Å². The molecule has 0 saturated carbocycles. The average Bonchev–Trinajstić information content (AvgIpc) is 2.63. The first-order chi connectivity index (χ1) is 8.40. The van der Waals surface area contributed by atoms with Crippen LogP contribution < -0.4 is 5.32 Å². The van der Waals surface area contributed by atoms with Crippen LogP contribution in [0.2, 0.25) is 0 Å². The van der Waals surface area contributed by atoms with Gasteiger partial charge in [-0.15, -0.1) is 11.3 Å². The van der Waals surface area contributed by atoms with E-state index in [-0.39, 0.29) is 11.5 Å². The van der Waals surface area contributed by atoms with Crippen molar-refractivity contribution < 1.29 is 4.74 Å².